The molecule has 2 N–H and O–H groups in total. The van der Waals surface area contributed by atoms with Gasteiger partial charge in [0.05, 0.1) is 6.54 Å². The number of rotatable bonds is 6. The summed E-state index contributed by atoms with van der Waals surface area (Å²) < 4.78 is 30.8. The van der Waals surface area contributed by atoms with Crippen molar-refractivity contribution in [3.05, 3.63) is 11.5 Å². The van der Waals surface area contributed by atoms with Gasteiger partial charge in [0.15, 0.2) is 5.76 Å². The van der Waals surface area contributed by atoms with E-state index in [2.05, 4.69) is 15.2 Å². The summed E-state index contributed by atoms with van der Waals surface area (Å²) in [5.41, 5.74) is 0.272. The quantitative estimate of drug-likeness (QED) is 0.766. The van der Waals surface area contributed by atoms with Gasteiger partial charge in [0, 0.05) is 6.54 Å². The van der Waals surface area contributed by atoms with E-state index in [0.717, 1.165) is 6.42 Å². The van der Waals surface area contributed by atoms with Crippen LogP contribution in [0.5, 0.6) is 0 Å². The van der Waals surface area contributed by atoms with Crippen LogP contribution in [0.4, 0.5) is 0 Å². The van der Waals surface area contributed by atoms with Gasteiger partial charge in [0.25, 0.3) is 0 Å². The monoisotopic (exact) mass is 275 g/mol. The molecule has 0 fully saturated rings. The average Bonchev–Trinajstić information content (AvgIpc) is 2.64. The Kier molecular flexibility index (Phi) is 4.85. The molecule has 0 saturated carbocycles. The molecule has 1 aromatic rings. The molecule has 1 heterocycles. The molecular formula is C10H17N3O4S. The number of nitrogens with zero attached hydrogens (tertiary/aromatic N) is 1. The Bertz CT molecular complexity index is 502. The van der Waals surface area contributed by atoms with Crippen LogP contribution in [0.1, 0.15) is 24.8 Å². The van der Waals surface area contributed by atoms with Gasteiger partial charge >= 0.3 is 0 Å². The fourth-order valence-electron chi connectivity index (χ4n) is 1.42. The smallest absolute Gasteiger partial charge is 0.246 e. The van der Waals surface area contributed by atoms with E-state index in [0.29, 0.717) is 6.54 Å². The third-order valence-electron chi connectivity index (χ3n) is 2.23. The molecule has 18 heavy (non-hydrogen) atoms. The zero-order valence-corrected chi connectivity index (χ0v) is 11.4. The summed E-state index contributed by atoms with van der Waals surface area (Å²) in [4.78, 5) is 11.3. The van der Waals surface area contributed by atoms with Gasteiger partial charge in [-0.3, -0.25) is 4.79 Å². The predicted octanol–water partition coefficient (Wildman–Crippen LogP) is 0.0959. The van der Waals surface area contributed by atoms with Crippen molar-refractivity contribution in [1.82, 2.24) is 15.2 Å². The number of sulfonamides is 1. The number of aromatic nitrogens is 1. The van der Waals surface area contributed by atoms with Gasteiger partial charge in [-0.25, -0.2) is 13.1 Å². The van der Waals surface area contributed by atoms with Crippen LogP contribution in [-0.2, 0) is 14.8 Å². The number of hydrogen-bond donors (Lipinski definition) is 2. The summed E-state index contributed by atoms with van der Waals surface area (Å²) in [6, 6.07) is 0. The number of nitrogens with one attached hydrogen (secondary N) is 2. The second-order valence-corrected chi connectivity index (χ2v) is 5.53. The highest BCUT2D eigenvalue weighted by Crippen LogP contribution is 2.18. The van der Waals surface area contributed by atoms with Crippen molar-refractivity contribution >= 4 is 15.9 Å². The maximum Gasteiger partial charge on any atom is 0.246 e. The van der Waals surface area contributed by atoms with Crippen molar-refractivity contribution in [2.24, 2.45) is 0 Å². The standard InChI is InChI=1S/C10H17N3O4S/c1-4-5-11-9(14)6-12-18(15,16)10-7(2)13-17-8(10)3/h12H,4-6H2,1-3H3,(H,11,14). The van der Waals surface area contributed by atoms with Gasteiger partial charge in [0.2, 0.25) is 15.9 Å². The summed E-state index contributed by atoms with van der Waals surface area (Å²) in [6.45, 7) is 5.17. The highest BCUT2D eigenvalue weighted by molar-refractivity contribution is 7.89. The lowest BCUT2D eigenvalue weighted by atomic mass is 10.4. The molecule has 1 rings (SSSR count). The molecule has 0 unspecified atom stereocenters. The zero-order chi connectivity index (χ0) is 13.8. The zero-order valence-electron chi connectivity index (χ0n) is 10.6. The van der Waals surface area contributed by atoms with Crippen molar-refractivity contribution in [1.29, 1.82) is 0 Å². The van der Waals surface area contributed by atoms with Crippen LogP contribution in [0.25, 0.3) is 0 Å². The van der Waals surface area contributed by atoms with Gasteiger partial charge in [-0.05, 0) is 20.3 Å². The van der Waals surface area contributed by atoms with Crippen molar-refractivity contribution in [3.63, 3.8) is 0 Å². The van der Waals surface area contributed by atoms with Crippen LogP contribution in [-0.4, -0.2) is 32.6 Å². The first kappa shape index (κ1) is 14.7. The van der Waals surface area contributed by atoms with Crippen molar-refractivity contribution in [3.8, 4) is 0 Å². The second-order valence-electron chi connectivity index (χ2n) is 3.83. The minimum absolute atomic E-state index is 0.00853. The van der Waals surface area contributed by atoms with E-state index >= 15 is 0 Å². The van der Waals surface area contributed by atoms with E-state index in [-0.39, 0.29) is 28.8 Å². The van der Waals surface area contributed by atoms with Crippen molar-refractivity contribution in [2.45, 2.75) is 32.1 Å². The van der Waals surface area contributed by atoms with Gasteiger partial charge in [-0.2, -0.15) is 0 Å². The number of amides is 1. The lowest BCUT2D eigenvalue weighted by Gasteiger charge is -2.06. The molecule has 1 amide bonds. The van der Waals surface area contributed by atoms with Crippen LogP contribution in [0.2, 0.25) is 0 Å². The molecule has 0 aliphatic rings. The first-order chi connectivity index (χ1) is 8.38. The van der Waals surface area contributed by atoms with Gasteiger partial charge in [-0.15, -0.1) is 0 Å². The molecule has 0 aliphatic carbocycles. The topological polar surface area (TPSA) is 101 Å². The highest BCUT2D eigenvalue weighted by atomic mass is 32.2. The number of carbonyl (C=O) groups excluding carboxylic acids is 1. The Morgan fingerprint density at radius 1 is 1.39 bits per heavy atom. The Hall–Kier alpha value is -1.41. The third kappa shape index (κ3) is 3.54. The van der Waals surface area contributed by atoms with Crippen LogP contribution in [0, 0.1) is 13.8 Å². The molecule has 0 bridgehead atoms. The van der Waals surface area contributed by atoms with E-state index in [1.54, 1.807) is 0 Å². The molecule has 8 heteroatoms. The minimum atomic E-state index is -3.77. The molecule has 0 saturated heterocycles. The van der Waals surface area contributed by atoms with E-state index < -0.39 is 10.0 Å². The normalized spacial score (nSPS) is 11.5. The van der Waals surface area contributed by atoms with Crippen LogP contribution >= 0.6 is 0 Å². The minimum Gasteiger partial charge on any atom is -0.360 e. The maximum atomic E-state index is 11.9. The lowest BCUT2D eigenvalue weighted by Crippen LogP contribution is -2.37. The lowest BCUT2D eigenvalue weighted by molar-refractivity contribution is -0.119. The second kappa shape index (κ2) is 5.96. The number of aryl methyl sites for hydroxylation is 2. The van der Waals surface area contributed by atoms with E-state index in [1.165, 1.54) is 13.8 Å². The molecule has 102 valence electrons. The van der Waals surface area contributed by atoms with E-state index in [1.807, 2.05) is 6.92 Å². The molecule has 7 nitrogen and oxygen atoms in total. The third-order valence-corrected chi connectivity index (χ3v) is 3.88. The van der Waals surface area contributed by atoms with Gasteiger partial charge in [-0.1, -0.05) is 12.1 Å². The largest absolute Gasteiger partial charge is 0.360 e. The molecule has 0 radical (unpaired) electrons. The Balaban J connectivity index is 2.69. The molecule has 0 aromatic carbocycles. The first-order valence-corrected chi connectivity index (χ1v) is 7.06. The Morgan fingerprint density at radius 3 is 2.56 bits per heavy atom. The summed E-state index contributed by atoms with van der Waals surface area (Å²) in [5, 5.41) is 6.14. The summed E-state index contributed by atoms with van der Waals surface area (Å²) in [6.07, 6.45) is 0.794. The first-order valence-electron chi connectivity index (χ1n) is 5.57. The van der Waals surface area contributed by atoms with Crippen molar-refractivity contribution < 1.29 is 17.7 Å². The fraction of sp³-hybridized carbons (Fsp3) is 0.600. The van der Waals surface area contributed by atoms with Crippen LogP contribution in [0.15, 0.2) is 9.42 Å². The predicted molar refractivity (Wildman–Crippen MR) is 64.5 cm³/mol. The SMILES string of the molecule is CCCNC(=O)CNS(=O)(=O)c1c(C)noc1C. The summed E-state index contributed by atoms with van der Waals surface area (Å²) in [7, 11) is -3.77. The van der Waals surface area contributed by atoms with E-state index in [9.17, 15) is 13.2 Å². The Morgan fingerprint density at radius 2 is 2.06 bits per heavy atom. The highest BCUT2D eigenvalue weighted by Gasteiger charge is 2.24. The van der Waals surface area contributed by atoms with Crippen LogP contribution in [0.3, 0.4) is 0 Å². The average molecular weight is 275 g/mol. The number of carbonyl (C=O) groups is 1. The van der Waals surface area contributed by atoms with Crippen molar-refractivity contribution in [2.75, 3.05) is 13.1 Å². The maximum absolute atomic E-state index is 11.9. The molecule has 0 spiro atoms. The molecule has 1 aromatic heterocycles. The molecule has 0 aliphatic heterocycles. The summed E-state index contributed by atoms with van der Waals surface area (Å²) >= 11 is 0. The van der Waals surface area contributed by atoms with Gasteiger partial charge in [0.1, 0.15) is 10.6 Å². The van der Waals surface area contributed by atoms with Gasteiger partial charge < -0.3 is 9.84 Å². The fourth-order valence-corrected chi connectivity index (χ4v) is 2.73. The van der Waals surface area contributed by atoms with Crippen LogP contribution < -0.4 is 10.0 Å². The Labute approximate surface area is 106 Å². The molecule has 0 atom stereocenters. The summed E-state index contributed by atoms with van der Waals surface area (Å²) in [5.74, 6) is -0.166. The number of hydrogen-bond acceptors (Lipinski definition) is 5. The molecular weight excluding hydrogens is 258 g/mol. The van der Waals surface area contributed by atoms with E-state index in [4.69, 9.17) is 4.52 Å².